The number of phenols is 1. The third kappa shape index (κ3) is 4.27. The lowest BCUT2D eigenvalue weighted by atomic mass is 10.1. The van der Waals surface area contributed by atoms with E-state index in [-0.39, 0.29) is 17.1 Å². The van der Waals surface area contributed by atoms with E-state index in [1.54, 1.807) is 12.1 Å². The maximum Gasteiger partial charge on any atom is 0.255 e. The average molecular weight is 377 g/mol. The molecule has 1 atom stereocenters. The number of amides is 1. The van der Waals surface area contributed by atoms with Crippen LogP contribution in [0.5, 0.6) is 5.75 Å². The number of benzene rings is 1. The molecule has 0 aliphatic heterocycles. The zero-order chi connectivity index (χ0) is 14.4. The number of nitrogens with one attached hydrogen (secondary N) is 1. The van der Waals surface area contributed by atoms with Crippen LogP contribution in [-0.4, -0.2) is 28.1 Å². The van der Waals surface area contributed by atoms with Crippen LogP contribution in [0.25, 0.3) is 0 Å². The van der Waals surface area contributed by atoms with E-state index in [4.69, 9.17) is 10.9 Å². The number of nitrogens with two attached hydrogens (primary N) is 1. The van der Waals surface area contributed by atoms with E-state index in [1.807, 2.05) is 29.5 Å². The smallest absolute Gasteiger partial charge is 0.255 e. The van der Waals surface area contributed by atoms with Crippen LogP contribution >= 0.6 is 22.6 Å². The van der Waals surface area contributed by atoms with Crippen molar-refractivity contribution in [2.24, 2.45) is 10.9 Å². The summed E-state index contributed by atoms with van der Waals surface area (Å²) in [7, 11) is 0. The number of hydrogen-bond acceptors (Lipinski definition) is 4. The molecule has 0 fully saturated rings. The van der Waals surface area contributed by atoms with Crippen molar-refractivity contribution in [3.05, 3.63) is 27.3 Å². The first-order valence-corrected chi connectivity index (χ1v) is 6.84. The number of amidine groups is 1. The molecular formula is C12H16IN3O3. The number of phenolic OH excluding ortho intramolecular Hbond substituents is 1. The summed E-state index contributed by atoms with van der Waals surface area (Å²) in [6, 6.07) is 4.16. The first-order chi connectivity index (χ1) is 8.99. The molecule has 0 aliphatic carbocycles. The Labute approximate surface area is 124 Å². The molecule has 1 unspecified atom stereocenters. The quantitative estimate of drug-likeness (QED) is 0.206. The van der Waals surface area contributed by atoms with Gasteiger partial charge in [-0.25, -0.2) is 0 Å². The Morgan fingerprint density at radius 2 is 2.26 bits per heavy atom. The summed E-state index contributed by atoms with van der Waals surface area (Å²) in [5, 5.41) is 23.9. The summed E-state index contributed by atoms with van der Waals surface area (Å²) in [5.41, 5.74) is 5.68. The minimum absolute atomic E-state index is 0.0553. The van der Waals surface area contributed by atoms with Crippen LogP contribution in [0.2, 0.25) is 0 Å². The van der Waals surface area contributed by atoms with Crippen molar-refractivity contribution in [1.29, 1.82) is 0 Å². The van der Waals surface area contributed by atoms with Gasteiger partial charge in [-0.2, -0.15) is 0 Å². The normalized spacial score (nSPS) is 13.1. The Bertz CT molecular complexity index is 491. The highest BCUT2D eigenvalue weighted by Crippen LogP contribution is 2.19. The highest BCUT2D eigenvalue weighted by molar-refractivity contribution is 14.1. The number of oxime groups is 1. The molecule has 0 saturated carbocycles. The first kappa shape index (κ1) is 15.5. The van der Waals surface area contributed by atoms with Gasteiger partial charge in [0.25, 0.3) is 5.91 Å². The molecule has 0 aromatic heterocycles. The molecule has 0 spiro atoms. The summed E-state index contributed by atoms with van der Waals surface area (Å²) in [6.45, 7) is 1.92. The lowest BCUT2D eigenvalue weighted by Gasteiger charge is -2.17. The van der Waals surface area contributed by atoms with E-state index < -0.39 is 11.9 Å². The Balaban J connectivity index is 2.90. The number of aromatic hydroxyl groups is 1. The van der Waals surface area contributed by atoms with Crippen molar-refractivity contribution in [2.45, 2.75) is 25.8 Å². The van der Waals surface area contributed by atoms with Crippen LogP contribution in [0.1, 0.15) is 30.1 Å². The molecule has 0 aliphatic rings. The molecule has 19 heavy (non-hydrogen) atoms. The van der Waals surface area contributed by atoms with E-state index in [0.29, 0.717) is 6.42 Å². The monoisotopic (exact) mass is 377 g/mol. The fourth-order valence-electron chi connectivity index (χ4n) is 1.58. The maximum absolute atomic E-state index is 12.1. The van der Waals surface area contributed by atoms with Crippen LogP contribution < -0.4 is 11.1 Å². The van der Waals surface area contributed by atoms with Gasteiger partial charge in [0.1, 0.15) is 5.75 Å². The van der Waals surface area contributed by atoms with Gasteiger partial charge >= 0.3 is 0 Å². The molecule has 1 rings (SSSR count). The van der Waals surface area contributed by atoms with Gasteiger partial charge in [0.05, 0.1) is 11.6 Å². The molecular weight excluding hydrogens is 361 g/mol. The molecule has 0 radical (unpaired) electrons. The Kier molecular flexibility index (Phi) is 5.87. The first-order valence-electron chi connectivity index (χ1n) is 5.76. The van der Waals surface area contributed by atoms with Crippen LogP contribution in [0.3, 0.4) is 0 Å². The molecule has 7 heteroatoms. The van der Waals surface area contributed by atoms with Gasteiger partial charge < -0.3 is 21.4 Å². The Hall–Kier alpha value is -1.51. The van der Waals surface area contributed by atoms with Crippen molar-refractivity contribution in [1.82, 2.24) is 5.32 Å². The predicted octanol–water partition coefficient (Wildman–Crippen LogP) is 1.64. The largest absolute Gasteiger partial charge is 0.507 e. The van der Waals surface area contributed by atoms with Crippen molar-refractivity contribution in [3.63, 3.8) is 0 Å². The van der Waals surface area contributed by atoms with E-state index in [9.17, 15) is 9.90 Å². The number of hydrogen-bond donors (Lipinski definition) is 4. The second kappa shape index (κ2) is 7.17. The number of carbonyl (C=O) groups excluding carboxylic acids is 1. The molecule has 1 aromatic carbocycles. The average Bonchev–Trinajstić information content (AvgIpc) is 2.40. The van der Waals surface area contributed by atoms with Gasteiger partial charge in [0, 0.05) is 3.57 Å². The molecule has 0 bridgehead atoms. The van der Waals surface area contributed by atoms with Crippen LogP contribution in [0.15, 0.2) is 23.4 Å². The summed E-state index contributed by atoms with van der Waals surface area (Å²) >= 11 is 2.05. The Morgan fingerprint density at radius 3 is 2.84 bits per heavy atom. The Morgan fingerprint density at radius 1 is 1.58 bits per heavy atom. The maximum atomic E-state index is 12.1. The van der Waals surface area contributed by atoms with E-state index in [0.717, 1.165) is 9.99 Å². The second-order valence-corrected chi connectivity index (χ2v) is 5.25. The van der Waals surface area contributed by atoms with E-state index in [2.05, 4.69) is 10.5 Å². The summed E-state index contributed by atoms with van der Waals surface area (Å²) in [6.07, 6.45) is 1.31. The zero-order valence-corrected chi connectivity index (χ0v) is 12.6. The van der Waals surface area contributed by atoms with Crippen LogP contribution in [-0.2, 0) is 0 Å². The number of halogens is 1. The van der Waals surface area contributed by atoms with Crippen LogP contribution in [0, 0.1) is 3.57 Å². The third-order valence-corrected chi connectivity index (χ3v) is 3.23. The second-order valence-electron chi connectivity index (χ2n) is 4.00. The van der Waals surface area contributed by atoms with Crippen molar-refractivity contribution in [3.8, 4) is 5.75 Å². The van der Waals surface area contributed by atoms with E-state index in [1.165, 1.54) is 6.07 Å². The summed E-state index contributed by atoms with van der Waals surface area (Å²) in [4.78, 5) is 12.1. The topological polar surface area (TPSA) is 108 Å². The van der Waals surface area contributed by atoms with Crippen molar-refractivity contribution in [2.75, 3.05) is 0 Å². The SMILES string of the molecule is CCCC(NC(=O)c1cc(I)ccc1O)/C(N)=N/O. The predicted molar refractivity (Wildman–Crippen MR) is 80.4 cm³/mol. The van der Waals surface area contributed by atoms with Gasteiger partial charge in [-0.1, -0.05) is 18.5 Å². The van der Waals surface area contributed by atoms with E-state index >= 15 is 0 Å². The molecule has 1 aromatic rings. The molecule has 5 N–H and O–H groups in total. The lowest BCUT2D eigenvalue weighted by Crippen LogP contribution is -2.44. The van der Waals surface area contributed by atoms with Gasteiger partial charge in [-0.15, -0.1) is 0 Å². The standard InChI is InChI=1S/C12H16IN3O3/c1-2-3-9(11(14)16-19)15-12(18)8-6-7(13)4-5-10(8)17/h4-6,9,17,19H,2-3H2,1H3,(H2,14,16)(H,15,18). The highest BCUT2D eigenvalue weighted by atomic mass is 127. The van der Waals surface area contributed by atoms with Gasteiger partial charge in [-0.05, 0) is 47.2 Å². The molecule has 104 valence electrons. The molecule has 1 amide bonds. The summed E-state index contributed by atoms with van der Waals surface area (Å²) < 4.78 is 0.830. The van der Waals surface area contributed by atoms with Gasteiger partial charge in [0.2, 0.25) is 0 Å². The lowest BCUT2D eigenvalue weighted by molar-refractivity contribution is 0.0942. The fourth-order valence-corrected chi connectivity index (χ4v) is 2.07. The van der Waals surface area contributed by atoms with Gasteiger partial charge in [0.15, 0.2) is 5.84 Å². The van der Waals surface area contributed by atoms with Crippen molar-refractivity contribution < 1.29 is 15.1 Å². The molecule has 0 saturated heterocycles. The number of carbonyl (C=O) groups is 1. The van der Waals surface area contributed by atoms with Crippen molar-refractivity contribution >= 4 is 34.3 Å². The highest BCUT2D eigenvalue weighted by Gasteiger charge is 2.19. The summed E-state index contributed by atoms with van der Waals surface area (Å²) in [5.74, 6) is -0.617. The molecule has 0 heterocycles. The zero-order valence-electron chi connectivity index (χ0n) is 10.4. The minimum atomic E-state index is -0.556. The number of rotatable bonds is 5. The minimum Gasteiger partial charge on any atom is -0.507 e. The fraction of sp³-hybridized carbons (Fsp3) is 0.333. The molecule has 6 nitrogen and oxygen atoms in total. The number of nitrogens with zero attached hydrogens (tertiary/aromatic N) is 1. The van der Waals surface area contributed by atoms with Gasteiger partial charge in [-0.3, -0.25) is 4.79 Å². The third-order valence-electron chi connectivity index (χ3n) is 2.56. The van der Waals surface area contributed by atoms with Crippen LogP contribution in [0.4, 0.5) is 0 Å².